The molecule has 2 atom stereocenters. The van der Waals surface area contributed by atoms with Crippen molar-refractivity contribution in [1.82, 2.24) is 0 Å². The van der Waals surface area contributed by atoms with Crippen LogP contribution in [0.3, 0.4) is 0 Å². The van der Waals surface area contributed by atoms with E-state index < -0.39 is 0 Å². The zero-order valence-corrected chi connectivity index (χ0v) is 9.10. The van der Waals surface area contributed by atoms with Crippen molar-refractivity contribution < 1.29 is 14.2 Å². The molecule has 0 N–H and O–H groups in total. The van der Waals surface area contributed by atoms with Crippen LogP contribution < -0.4 is 4.74 Å². The fourth-order valence-electron chi connectivity index (χ4n) is 1.38. The summed E-state index contributed by atoms with van der Waals surface area (Å²) in [5.74, 6) is 0.873. The van der Waals surface area contributed by atoms with Crippen LogP contribution in [0.25, 0.3) is 0 Å². The summed E-state index contributed by atoms with van der Waals surface area (Å²) in [6.45, 7) is 3.51. The van der Waals surface area contributed by atoms with Gasteiger partial charge in [-0.3, -0.25) is 0 Å². The highest BCUT2D eigenvalue weighted by molar-refractivity contribution is 5.26. The van der Waals surface area contributed by atoms with E-state index in [-0.39, 0.29) is 6.10 Å². The van der Waals surface area contributed by atoms with E-state index in [9.17, 15) is 0 Å². The molecule has 0 unspecified atom stereocenters. The molecule has 0 amide bonds. The molecule has 1 saturated heterocycles. The second-order valence-electron chi connectivity index (χ2n) is 3.74. The minimum absolute atomic E-state index is 0.187. The molecule has 1 aromatic carbocycles. The predicted molar refractivity (Wildman–Crippen MR) is 57.0 cm³/mol. The Kier molecular flexibility index (Phi) is 3.23. The fourth-order valence-corrected chi connectivity index (χ4v) is 1.38. The number of benzene rings is 1. The van der Waals surface area contributed by atoms with E-state index in [2.05, 4.69) is 0 Å². The summed E-state index contributed by atoms with van der Waals surface area (Å²) in [5, 5.41) is 0. The van der Waals surface area contributed by atoms with E-state index in [4.69, 9.17) is 14.2 Å². The van der Waals surface area contributed by atoms with Crippen LogP contribution in [0, 0.1) is 0 Å². The standard InChI is InChI=1S/C12H16O3/c1-9(12-8-15-12)14-7-10-3-5-11(13-2)6-4-10/h3-6,9,12H,7-8H2,1-2H3/t9-,12+/m1/s1. The normalized spacial score (nSPS) is 21.1. The predicted octanol–water partition coefficient (Wildman–Crippen LogP) is 2.00. The number of ether oxygens (including phenoxy) is 3. The lowest BCUT2D eigenvalue weighted by Crippen LogP contribution is -2.14. The van der Waals surface area contributed by atoms with Crippen molar-refractivity contribution in [2.45, 2.75) is 25.7 Å². The van der Waals surface area contributed by atoms with Crippen molar-refractivity contribution in [3.63, 3.8) is 0 Å². The van der Waals surface area contributed by atoms with Crippen LogP contribution >= 0.6 is 0 Å². The minimum atomic E-state index is 0.187. The second-order valence-corrected chi connectivity index (χ2v) is 3.74. The SMILES string of the molecule is COc1ccc(CO[C@H](C)[C@@H]2CO2)cc1. The van der Waals surface area contributed by atoms with Crippen LogP contribution in [0.2, 0.25) is 0 Å². The number of hydrogen-bond acceptors (Lipinski definition) is 3. The Hall–Kier alpha value is -1.06. The maximum absolute atomic E-state index is 5.66. The summed E-state index contributed by atoms with van der Waals surface area (Å²) in [5.41, 5.74) is 1.16. The third kappa shape index (κ3) is 2.94. The average Bonchev–Trinajstić information content (AvgIpc) is 3.10. The number of epoxide rings is 1. The van der Waals surface area contributed by atoms with Gasteiger partial charge in [0.15, 0.2) is 0 Å². The first-order valence-corrected chi connectivity index (χ1v) is 5.15. The monoisotopic (exact) mass is 208 g/mol. The van der Waals surface area contributed by atoms with Crippen molar-refractivity contribution >= 4 is 0 Å². The summed E-state index contributed by atoms with van der Waals surface area (Å²) in [4.78, 5) is 0. The maximum atomic E-state index is 5.66. The van der Waals surface area contributed by atoms with Crippen LogP contribution in [0.4, 0.5) is 0 Å². The molecule has 0 saturated carbocycles. The van der Waals surface area contributed by atoms with Crippen molar-refractivity contribution in [2.75, 3.05) is 13.7 Å². The molecule has 0 bridgehead atoms. The number of methoxy groups -OCH3 is 1. The van der Waals surface area contributed by atoms with Crippen molar-refractivity contribution in [3.8, 4) is 5.75 Å². The molecule has 3 nitrogen and oxygen atoms in total. The zero-order chi connectivity index (χ0) is 10.7. The van der Waals surface area contributed by atoms with E-state index >= 15 is 0 Å². The number of hydrogen-bond donors (Lipinski definition) is 0. The summed E-state index contributed by atoms with van der Waals surface area (Å²) in [6, 6.07) is 7.91. The molecular formula is C12H16O3. The highest BCUT2D eigenvalue weighted by Gasteiger charge is 2.29. The Balaban J connectivity index is 1.81. The van der Waals surface area contributed by atoms with Crippen LogP contribution in [-0.4, -0.2) is 25.9 Å². The average molecular weight is 208 g/mol. The van der Waals surface area contributed by atoms with Gasteiger partial charge in [-0.15, -0.1) is 0 Å². The molecule has 1 aliphatic heterocycles. The lowest BCUT2D eigenvalue weighted by Gasteiger charge is -2.10. The molecule has 1 heterocycles. The summed E-state index contributed by atoms with van der Waals surface area (Å²) < 4.78 is 15.9. The summed E-state index contributed by atoms with van der Waals surface area (Å²) in [6.07, 6.45) is 0.496. The van der Waals surface area contributed by atoms with Gasteiger partial charge in [0.25, 0.3) is 0 Å². The van der Waals surface area contributed by atoms with Gasteiger partial charge in [0.1, 0.15) is 11.9 Å². The van der Waals surface area contributed by atoms with E-state index in [1.54, 1.807) is 7.11 Å². The van der Waals surface area contributed by atoms with Gasteiger partial charge < -0.3 is 14.2 Å². The Morgan fingerprint density at radius 2 is 2.07 bits per heavy atom. The Bertz CT molecular complexity index is 303. The molecule has 1 aliphatic rings. The van der Waals surface area contributed by atoms with Gasteiger partial charge in [-0.2, -0.15) is 0 Å². The molecule has 15 heavy (non-hydrogen) atoms. The summed E-state index contributed by atoms with van der Waals surface area (Å²) >= 11 is 0. The van der Waals surface area contributed by atoms with E-state index in [1.165, 1.54) is 0 Å². The summed E-state index contributed by atoms with van der Waals surface area (Å²) in [7, 11) is 1.66. The van der Waals surface area contributed by atoms with Crippen molar-refractivity contribution in [2.24, 2.45) is 0 Å². The van der Waals surface area contributed by atoms with Gasteiger partial charge in [-0.25, -0.2) is 0 Å². The largest absolute Gasteiger partial charge is 0.497 e. The molecular weight excluding hydrogens is 192 g/mol. The van der Waals surface area contributed by atoms with Crippen molar-refractivity contribution in [1.29, 1.82) is 0 Å². The molecule has 1 aromatic rings. The van der Waals surface area contributed by atoms with Gasteiger partial charge in [0, 0.05) is 0 Å². The van der Waals surface area contributed by atoms with Gasteiger partial charge in [-0.1, -0.05) is 12.1 Å². The van der Waals surface area contributed by atoms with Crippen LogP contribution in [0.1, 0.15) is 12.5 Å². The minimum Gasteiger partial charge on any atom is -0.497 e. The molecule has 1 fully saturated rings. The lowest BCUT2D eigenvalue weighted by molar-refractivity contribution is 0.0340. The smallest absolute Gasteiger partial charge is 0.118 e. The van der Waals surface area contributed by atoms with Crippen LogP contribution in [0.5, 0.6) is 5.75 Å². The molecule has 82 valence electrons. The Morgan fingerprint density at radius 3 is 2.60 bits per heavy atom. The van der Waals surface area contributed by atoms with Gasteiger partial charge >= 0.3 is 0 Å². The molecule has 0 radical (unpaired) electrons. The molecule has 0 aliphatic carbocycles. The highest BCUT2D eigenvalue weighted by Crippen LogP contribution is 2.18. The first-order chi connectivity index (χ1) is 7.29. The topological polar surface area (TPSA) is 31.0 Å². The highest BCUT2D eigenvalue weighted by atomic mass is 16.6. The molecule has 3 heteroatoms. The van der Waals surface area contributed by atoms with Crippen LogP contribution in [0.15, 0.2) is 24.3 Å². The van der Waals surface area contributed by atoms with E-state index in [0.29, 0.717) is 12.7 Å². The fraction of sp³-hybridized carbons (Fsp3) is 0.500. The number of rotatable bonds is 5. The quantitative estimate of drug-likeness (QED) is 0.693. The second kappa shape index (κ2) is 4.64. The van der Waals surface area contributed by atoms with Gasteiger partial charge in [-0.05, 0) is 24.6 Å². The lowest BCUT2D eigenvalue weighted by atomic mass is 10.2. The van der Waals surface area contributed by atoms with Gasteiger partial charge in [0.05, 0.1) is 26.4 Å². The Morgan fingerprint density at radius 1 is 1.40 bits per heavy atom. The first-order valence-electron chi connectivity index (χ1n) is 5.15. The van der Waals surface area contributed by atoms with E-state index in [0.717, 1.165) is 17.9 Å². The third-order valence-corrected chi connectivity index (χ3v) is 2.55. The zero-order valence-electron chi connectivity index (χ0n) is 9.10. The third-order valence-electron chi connectivity index (χ3n) is 2.55. The van der Waals surface area contributed by atoms with Crippen molar-refractivity contribution in [3.05, 3.63) is 29.8 Å². The molecule has 0 spiro atoms. The van der Waals surface area contributed by atoms with Crippen LogP contribution in [-0.2, 0) is 16.1 Å². The molecule has 2 rings (SSSR count). The Labute approximate surface area is 90.0 Å². The molecule has 0 aromatic heterocycles. The van der Waals surface area contributed by atoms with E-state index in [1.807, 2.05) is 31.2 Å². The maximum Gasteiger partial charge on any atom is 0.118 e. The van der Waals surface area contributed by atoms with Gasteiger partial charge in [0.2, 0.25) is 0 Å². The first kappa shape index (κ1) is 10.5.